The number of benzene rings is 4. The summed E-state index contributed by atoms with van der Waals surface area (Å²) < 4.78 is 44.2. The lowest BCUT2D eigenvalue weighted by atomic mass is 10.0. The van der Waals surface area contributed by atoms with Crippen LogP contribution in [0.5, 0.6) is 11.5 Å². The van der Waals surface area contributed by atoms with Crippen LogP contribution in [-0.2, 0) is 16.5 Å². The van der Waals surface area contributed by atoms with Gasteiger partial charge in [0.1, 0.15) is 16.4 Å². The summed E-state index contributed by atoms with van der Waals surface area (Å²) in [5.41, 5.74) is 2.98. The Bertz CT molecular complexity index is 1640. The molecule has 4 rings (SSSR count). The van der Waals surface area contributed by atoms with Crippen LogP contribution in [0.1, 0.15) is 37.4 Å². The zero-order valence-electron chi connectivity index (χ0n) is 21.8. The van der Waals surface area contributed by atoms with Gasteiger partial charge in [-0.05, 0) is 77.4 Å². The Kier molecular flexibility index (Phi) is 8.78. The van der Waals surface area contributed by atoms with Crippen molar-refractivity contribution in [2.75, 3.05) is 19.5 Å². The fourth-order valence-electron chi connectivity index (χ4n) is 3.92. The molecule has 4 aromatic carbocycles. The standard InChI is InChI=1S/C31H27NO7S/c1-38-27-15-10-23(11-16-27)29(33)19-22-5-3-21(4-6-22)7-8-24-9-14-26(20-30(24)40(35,36)37)32-31(34)25-12-17-28(39-2)18-13-25/h3-18,20H,19H2,1-2H3,(H,32,34)(H,35,36,37)/b8-7+. The van der Waals surface area contributed by atoms with E-state index < -0.39 is 16.0 Å². The summed E-state index contributed by atoms with van der Waals surface area (Å²) in [6.07, 6.45) is 3.47. The van der Waals surface area contributed by atoms with Crippen molar-refractivity contribution >= 4 is 39.6 Å². The van der Waals surface area contributed by atoms with Gasteiger partial charge < -0.3 is 14.8 Å². The maximum absolute atomic E-state index is 12.6. The molecule has 0 spiro atoms. The Balaban J connectivity index is 1.46. The zero-order valence-corrected chi connectivity index (χ0v) is 22.6. The van der Waals surface area contributed by atoms with Gasteiger partial charge in [0.05, 0.1) is 14.2 Å². The van der Waals surface area contributed by atoms with E-state index in [1.54, 1.807) is 73.9 Å². The van der Waals surface area contributed by atoms with Gasteiger partial charge in [-0.25, -0.2) is 0 Å². The van der Waals surface area contributed by atoms with Crippen molar-refractivity contribution in [3.05, 3.63) is 119 Å². The highest BCUT2D eigenvalue weighted by atomic mass is 32.2. The van der Waals surface area contributed by atoms with Crippen molar-refractivity contribution in [2.24, 2.45) is 0 Å². The average molecular weight is 558 g/mol. The summed E-state index contributed by atoms with van der Waals surface area (Å²) in [6.45, 7) is 0. The second kappa shape index (κ2) is 12.4. The maximum atomic E-state index is 12.6. The minimum Gasteiger partial charge on any atom is -0.497 e. The van der Waals surface area contributed by atoms with E-state index >= 15 is 0 Å². The lowest BCUT2D eigenvalue weighted by Crippen LogP contribution is -2.12. The molecule has 0 saturated heterocycles. The van der Waals surface area contributed by atoms with Gasteiger partial charge >= 0.3 is 0 Å². The quantitative estimate of drug-likeness (QED) is 0.144. The smallest absolute Gasteiger partial charge is 0.295 e. The third-order valence-corrected chi connectivity index (χ3v) is 7.02. The number of hydrogen-bond acceptors (Lipinski definition) is 6. The van der Waals surface area contributed by atoms with E-state index in [9.17, 15) is 22.6 Å². The van der Waals surface area contributed by atoms with E-state index in [1.165, 1.54) is 19.2 Å². The number of nitrogens with one attached hydrogen (secondary N) is 1. The molecule has 0 saturated carbocycles. The molecule has 0 aliphatic carbocycles. The van der Waals surface area contributed by atoms with E-state index in [0.29, 0.717) is 22.6 Å². The minimum atomic E-state index is -4.59. The van der Waals surface area contributed by atoms with Crippen LogP contribution in [0.15, 0.2) is 95.9 Å². The largest absolute Gasteiger partial charge is 0.497 e. The van der Waals surface area contributed by atoms with Crippen LogP contribution in [0.3, 0.4) is 0 Å². The van der Waals surface area contributed by atoms with Crippen molar-refractivity contribution in [3.63, 3.8) is 0 Å². The summed E-state index contributed by atoms with van der Waals surface area (Å²) in [5, 5.41) is 2.64. The van der Waals surface area contributed by atoms with E-state index in [2.05, 4.69) is 5.32 Å². The van der Waals surface area contributed by atoms with Gasteiger partial charge in [-0.1, -0.05) is 42.5 Å². The molecular formula is C31H27NO7S. The lowest BCUT2D eigenvalue weighted by Gasteiger charge is -2.09. The maximum Gasteiger partial charge on any atom is 0.295 e. The number of carbonyl (C=O) groups excluding carboxylic acids is 2. The molecule has 204 valence electrons. The van der Waals surface area contributed by atoms with Crippen LogP contribution < -0.4 is 14.8 Å². The molecule has 4 aromatic rings. The van der Waals surface area contributed by atoms with Crippen molar-refractivity contribution in [1.82, 2.24) is 0 Å². The van der Waals surface area contributed by atoms with Gasteiger partial charge in [0.15, 0.2) is 5.78 Å². The Morgan fingerprint density at radius 1 is 0.775 bits per heavy atom. The Hall–Kier alpha value is -4.73. The number of hydrogen-bond donors (Lipinski definition) is 2. The predicted molar refractivity (Wildman–Crippen MR) is 154 cm³/mol. The molecule has 2 N–H and O–H groups in total. The first-order valence-corrected chi connectivity index (χ1v) is 13.6. The molecule has 0 heterocycles. The molecule has 9 heteroatoms. The van der Waals surface area contributed by atoms with E-state index in [0.717, 1.165) is 11.1 Å². The molecule has 0 fully saturated rings. The van der Waals surface area contributed by atoms with Gasteiger partial charge in [0.25, 0.3) is 16.0 Å². The predicted octanol–water partition coefficient (Wildman–Crippen LogP) is 5.80. The third-order valence-electron chi connectivity index (χ3n) is 6.11. The number of ether oxygens (including phenoxy) is 2. The molecule has 40 heavy (non-hydrogen) atoms. The van der Waals surface area contributed by atoms with Gasteiger partial charge in [0, 0.05) is 23.2 Å². The van der Waals surface area contributed by atoms with Crippen molar-refractivity contribution in [3.8, 4) is 11.5 Å². The third kappa shape index (κ3) is 7.22. The van der Waals surface area contributed by atoms with Crippen molar-refractivity contribution in [1.29, 1.82) is 0 Å². The van der Waals surface area contributed by atoms with E-state index in [-0.39, 0.29) is 28.4 Å². The first kappa shape index (κ1) is 28.3. The number of methoxy groups -OCH3 is 2. The number of rotatable bonds is 10. The van der Waals surface area contributed by atoms with Crippen LogP contribution >= 0.6 is 0 Å². The topological polar surface area (TPSA) is 119 Å². The first-order chi connectivity index (χ1) is 19.2. The second-order valence-electron chi connectivity index (χ2n) is 8.81. The fraction of sp³-hybridized carbons (Fsp3) is 0.0968. The SMILES string of the molecule is COc1ccc(C(=O)Cc2ccc(/C=C/c3ccc(NC(=O)c4ccc(OC)cc4)cc3S(=O)(=O)O)cc2)cc1. The summed E-state index contributed by atoms with van der Waals surface area (Å²) in [5.74, 6) is 0.802. The van der Waals surface area contributed by atoms with Gasteiger partial charge in [0.2, 0.25) is 0 Å². The van der Waals surface area contributed by atoms with Crippen LogP contribution in [0, 0.1) is 0 Å². The summed E-state index contributed by atoms with van der Waals surface area (Å²) in [4.78, 5) is 24.8. The summed E-state index contributed by atoms with van der Waals surface area (Å²) >= 11 is 0. The molecular weight excluding hydrogens is 530 g/mol. The molecule has 0 bridgehead atoms. The van der Waals surface area contributed by atoms with E-state index in [1.807, 2.05) is 24.3 Å². The van der Waals surface area contributed by atoms with Gasteiger partial charge in [-0.15, -0.1) is 0 Å². The minimum absolute atomic E-state index is 0.0251. The molecule has 0 unspecified atom stereocenters. The average Bonchev–Trinajstić information content (AvgIpc) is 2.96. The molecule has 0 aliphatic heterocycles. The molecule has 0 aliphatic rings. The van der Waals surface area contributed by atoms with Crippen molar-refractivity contribution < 1.29 is 32.0 Å². The van der Waals surface area contributed by atoms with Crippen LogP contribution in [0.2, 0.25) is 0 Å². The summed E-state index contributed by atoms with van der Waals surface area (Å²) in [7, 11) is -1.50. The molecule has 0 atom stereocenters. The van der Waals surface area contributed by atoms with E-state index in [4.69, 9.17) is 9.47 Å². The number of Topliss-reactive ketones (excluding diaryl/α,β-unsaturated/α-hetero) is 1. The highest BCUT2D eigenvalue weighted by Crippen LogP contribution is 2.24. The van der Waals surface area contributed by atoms with Gasteiger partial charge in [-0.3, -0.25) is 14.1 Å². The summed E-state index contributed by atoms with van der Waals surface area (Å²) in [6, 6.07) is 24.9. The number of carbonyl (C=O) groups is 2. The van der Waals surface area contributed by atoms with Crippen LogP contribution in [0.25, 0.3) is 12.2 Å². The van der Waals surface area contributed by atoms with Crippen LogP contribution in [0.4, 0.5) is 5.69 Å². The highest BCUT2D eigenvalue weighted by Gasteiger charge is 2.16. The molecule has 1 amide bonds. The highest BCUT2D eigenvalue weighted by molar-refractivity contribution is 7.86. The second-order valence-corrected chi connectivity index (χ2v) is 10.2. The Morgan fingerprint density at radius 2 is 1.35 bits per heavy atom. The fourth-order valence-corrected chi connectivity index (χ4v) is 4.63. The number of anilines is 1. The number of ketones is 1. The van der Waals surface area contributed by atoms with Crippen LogP contribution in [-0.4, -0.2) is 38.9 Å². The molecule has 8 nitrogen and oxygen atoms in total. The zero-order chi connectivity index (χ0) is 28.7. The Labute approximate surface area is 232 Å². The lowest BCUT2D eigenvalue weighted by molar-refractivity contribution is 0.0991. The van der Waals surface area contributed by atoms with Crippen molar-refractivity contribution in [2.45, 2.75) is 11.3 Å². The first-order valence-electron chi connectivity index (χ1n) is 12.2. The molecule has 0 radical (unpaired) electrons. The number of amides is 1. The Morgan fingerprint density at radius 3 is 1.90 bits per heavy atom. The monoisotopic (exact) mass is 557 g/mol. The normalized spacial score (nSPS) is 11.3. The van der Waals surface area contributed by atoms with Gasteiger partial charge in [-0.2, -0.15) is 8.42 Å². The molecule has 0 aromatic heterocycles.